The number of hydrogen-bond acceptors (Lipinski definition) is 3. The van der Waals surface area contributed by atoms with Gasteiger partial charge in [0.15, 0.2) is 0 Å². The Morgan fingerprint density at radius 2 is 2.14 bits per heavy atom. The van der Waals surface area contributed by atoms with E-state index in [2.05, 4.69) is 0 Å². The second-order valence-electron chi connectivity index (χ2n) is 5.71. The maximum Gasteiger partial charge on any atom is 0.230 e. The standard InChI is InChI=1S/C17H25NO3/c1-3-16(14-6-8-15(21-2)9-7-14)17(20)18-10-4-5-13(11-18)12-19/h6-9,13,16,19H,3-5,10-12H2,1-2H3. The van der Waals surface area contributed by atoms with Gasteiger partial charge in [-0.25, -0.2) is 0 Å². The van der Waals surface area contributed by atoms with Crippen LogP contribution in [0.3, 0.4) is 0 Å². The van der Waals surface area contributed by atoms with Crippen LogP contribution in [0.4, 0.5) is 0 Å². The largest absolute Gasteiger partial charge is 0.497 e. The molecular weight excluding hydrogens is 266 g/mol. The van der Waals surface area contributed by atoms with E-state index >= 15 is 0 Å². The number of hydrogen-bond donors (Lipinski definition) is 1. The highest BCUT2D eigenvalue weighted by molar-refractivity contribution is 5.83. The van der Waals surface area contributed by atoms with E-state index in [1.165, 1.54) is 0 Å². The lowest BCUT2D eigenvalue weighted by Gasteiger charge is -2.34. The van der Waals surface area contributed by atoms with Crippen LogP contribution in [-0.4, -0.2) is 42.7 Å². The molecule has 1 aromatic rings. The van der Waals surface area contributed by atoms with Gasteiger partial charge in [-0.2, -0.15) is 0 Å². The quantitative estimate of drug-likeness (QED) is 0.906. The third kappa shape index (κ3) is 3.76. The molecular formula is C17H25NO3. The maximum atomic E-state index is 12.8. The zero-order valence-corrected chi connectivity index (χ0v) is 12.9. The fourth-order valence-corrected chi connectivity index (χ4v) is 3.02. The van der Waals surface area contributed by atoms with Crippen LogP contribution in [0.15, 0.2) is 24.3 Å². The third-order valence-electron chi connectivity index (χ3n) is 4.31. The maximum absolute atomic E-state index is 12.8. The number of ether oxygens (including phenoxy) is 1. The van der Waals surface area contributed by atoms with Crippen LogP contribution in [-0.2, 0) is 4.79 Å². The molecule has 0 bridgehead atoms. The van der Waals surface area contributed by atoms with Gasteiger partial charge in [0.25, 0.3) is 0 Å². The lowest BCUT2D eigenvalue weighted by molar-refractivity contribution is -0.135. The number of benzene rings is 1. The molecule has 116 valence electrons. The van der Waals surface area contributed by atoms with E-state index in [4.69, 9.17) is 4.74 Å². The van der Waals surface area contributed by atoms with Gasteiger partial charge < -0.3 is 14.7 Å². The van der Waals surface area contributed by atoms with Gasteiger partial charge in [0.2, 0.25) is 5.91 Å². The summed E-state index contributed by atoms with van der Waals surface area (Å²) < 4.78 is 5.16. The lowest BCUT2D eigenvalue weighted by Crippen LogP contribution is -2.43. The minimum atomic E-state index is -0.103. The van der Waals surface area contributed by atoms with Gasteiger partial charge in [-0.1, -0.05) is 19.1 Å². The van der Waals surface area contributed by atoms with Crippen molar-refractivity contribution in [2.75, 3.05) is 26.8 Å². The normalized spacial score (nSPS) is 20.1. The Labute approximate surface area is 126 Å². The number of piperidine rings is 1. The zero-order valence-electron chi connectivity index (χ0n) is 12.9. The van der Waals surface area contributed by atoms with Crippen molar-refractivity contribution in [2.45, 2.75) is 32.1 Å². The number of nitrogens with zero attached hydrogens (tertiary/aromatic N) is 1. The molecule has 4 nitrogen and oxygen atoms in total. The molecule has 2 unspecified atom stereocenters. The minimum Gasteiger partial charge on any atom is -0.497 e. The molecule has 0 aromatic heterocycles. The van der Waals surface area contributed by atoms with E-state index in [0.29, 0.717) is 6.54 Å². The summed E-state index contributed by atoms with van der Waals surface area (Å²) in [5.41, 5.74) is 1.04. The molecule has 1 aliphatic rings. The fraction of sp³-hybridized carbons (Fsp3) is 0.588. The van der Waals surface area contributed by atoms with Crippen molar-refractivity contribution in [2.24, 2.45) is 5.92 Å². The lowest BCUT2D eigenvalue weighted by atomic mass is 9.92. The van der Waals surface area contributed by atoms with E-state index in [1.807, 2.05) is 36.1 Å². The molecule has 1 fully saturated rings. The van der Waals surface area contributed by atoms with Gasteiger partial charge in [0, 0.05) is 19.7 Å². The van der Waals surface area contributed by atoms with Crippen LogP contribution in [0.2, 0.25) is 0 Å². The molecule has 0 spiro atoms. The molecule has 2 rings (SSSR count). The SMILES string of the molecule is CCC(C(=O)N1CCCC(CO)C1)c1ccc(OC)cc1. The van der Waals surface area contributed by atoms with Gasteiger partial charge in [-0.05, 0) is 42.9 Å². The van der Waals surface area contributed by atoms with E-state index in [1.54, 1.807) is 7.11 Å². The molecule has 1 saturated heterocycles. The van der Waals surface area contributed by atoms with Crippen LogP contribution >= 0.6 is 0 Å². The first-order valence-electron chi connectivity index (χ1n) is 7.73. The molecule has 4 heteroatoms. The number of methoxy groups -OCH3 is 1. The highest BCUT2D eigenvalue weighted by Crippen LogP contribution is 2.26. The summed E-state index contributed by atoms with van der Waals surface area (Å²) in [5.74, 6) is 1.12. The van der Waals surface area contributed by atoms with E-state index < -0.39 is 0 Å². The number of aliphatic hydroxyl groups excluding tert-OH is 1. The average molecular weight is 291 g/mol. The number of likely N-dealkylation sites (tertiary alicyclic amines) is 1. The van der Waals surface area contributed by atoms with Gasteiger partial charge in [0.05, 0.1) is 13.0 Å². The molecule has 0 aliphatic carbocycles. The van der Waals surface area contributed by atoms with Crippen molar-refractivity contribution in [1.29, 1.82) is 0 Å². The molecule has 1 N–H and O–H groups in total. The predicted molar refractivity (Wildman–Crippen MR) is 82.4 cm³/mol. The summed E-state index contributed by atoms with van der Waals surface area (Å²) in [7, 11) is 1.64. The summed E-state index contributed by atoms with van der Waals surface area (Å²) in [6.45, 7) is 3.70. The molecule has 0 radical (unpaired) electrons. The van der Waals surface area contributed by atoms with Crippen LogP contribution in [0.5, 0.6) is 5.75 Å². The first-order valence-corrected chi connectivity index (χ1v) is 7.73. The number of amides is 1. The monoisotopic (exact) mass is 291 g/mol. The molecule has 21 heavy (non-hydrogen) atoms. The second kappa shape index (κ2) is 7.46. The number of carbonyl (C=O) groups excluding carboxylic acids is 1. The molecule has 0 saturated carbocycles. The molecule has 1 amide bonds. The first kappa shape index (κ1) is 15.8. The Hall–Kier alpha value is -1.55. The van der Waals surface area contributed by atoms with Crippen molar-refractivity contribution in [3.8, 4) is 5.75 Å². The first-order chi connectivity index (χ1) is 10.2. The summed E-state index contributed by atoms with van der Waals surface area (Å²) in [5, 5.41) is 9.31. The van der Waals surface area contributed by atoms with Crippen LogP contribution in [0.25, 0.3) is 0 Å². The molecule has 1 aliphatic heterocycles. The summed E-state index contributed by atoms with van der Waals surface area (Å²) in [4.78, 5) is 14.7. The Balaban J connectivity index is 2.10. The Morgan fingerprint density at radius 3 is 2.71 bits per heavy atom. The highest BCUT2D eigenvalue weighted by Gasteiger charge is 2.28. The van der Waals surface area contributed by atoms with Crippen LogP contribution < -0.4 is 4.74 Å². The van der Waals surface area contributed by atoms with Crippen LogP contribution in [0, 0.1) is 5.92 Å². The Kier molecular flexibility index (Phi) is 5.62. The van der Waals surface area contributed by atoms with Crippen molar-refractivity contribution in [1.82, 2.24) is 4.90 Å². The molecule has 1 heterocycles. The van der Waals surface area contributed by atoms with Crippen molar-refractivity contribution >= 4 is 5.91 Å². The summed E-state index contributed by atoms with van der Waals surface area (Å²) in [6, 6.07) is 7.74. The smallest absolute Gasteiger partial charge is 0.230 e. The van der Waals surface area contributed by atoms with Crippen molar-refractivity contribution in [3.63, 3.8) is 0 Å². The second-order valence-corrected chi connectivity index (χ2v) is 5.71. The number of carbonyl (C=O) groups is 1. The minimum absolute atomic E-state index is 0.103. The molecule has 2 atom stereocenters. The van der Waals surface area contributed by atoms with E-state index in [0.717, 1.165) is 37.1 Å². The number of aliphatic hydroxyl groups is 1. The summed E-state index contributed by atoms with van der Waals surface area (Å²) in [6.07, 6.45) is 2.78. The Bertz CT molecular complexity index is 458. The van der Waals surface area contributed by atoms with Crippen molar-refractivity contribution in [3.05, 3.63) is 29.8 Å². The average Bonchev–Trinajstić information content (AvgIpc) is 2.56. The van der Waals surface area contributed by atoms with Gasteiger partial charge in [-0.15, -0.1) is 0 Å². The van der Waals surface area contributed by atoms with Gasteiger partial charge in [0.1, 0.15) is 5.75 Å². The third-order valence-corrected chi connectivity index (χ3v) is 4.31. The van der Waals surface area contributed by atoms with E-state index in [-0.39, 0.29) is 24.3 Å². The Morgan fingerprint density at radius 1 is 1.43 bits per heavy atom. The van der Waals surface area contributed by atoms with E-state index in [9.17, 15) is 9.90 Å². The van der Waals surface area contributed by atoms with Gasteiger partial charge in [-0.3, -0.25) is 4.79 Å². The van der Waals surface area contributed by atoms with Gasteiger partial charge >= 0.3 is 0 Å². The summed E-state index contributed by atoms with van der Waals surface area (Å²) >= 11 is 0. The fourth-order valence-electron chi connectivity index (χ4n) is 3.02. The molecule has 1 aromatic carbocycles. The van der Waals surface area contributed by atoms with Crippen LogP contribution in [0.1, 0.15) is 37.7 Å². The van der Waals surface area contributed by atoms with Crippen molar-refractivity contribution < 1.29 is 14.6 Å². The topological polar surface area (TPSA) is 49.8 Å². The number of rotatable bonds is 5. The predicted octanol–water partition coefficient (Wildman–Crippen LogP) is 2.42. The highest BCUT2D eigenvalue weighted by atomic mass is 16.5. The zero-order chi connectivity index (χ0) is 15.2.